The molecular weight excluding hydrogens is 258 g/mol. The molecule has 20 heavy (non-hydrogen) atoms. The minimum Gasteiger partial charge on any atom is -0.326 e. The summed E-state index contributed by atoms with van der Waals surface area (Å²) < 4.78 is 0. The molecule has 1 fully saturated rings. The Morgan fingerprint density at radius 2 is 2.05 bits per heavy atom. The van der Waals surface area contributed by atoms with Gasteiger partial charge in [0.1, 0.15) is 0 Å². The molecule has 6 nitrogen and oxygen atoms in total. The summed E-state index contributed by atoms with van der Waals surface area (Å²) in [5.74, 6) is -0.126. The average molecular weight is 277 g/mol. The number of amides is 1. The van der Waals surface area contributed by atoms with E-state index in [0.717, 1.165) is 5.56 Å². The number of anilines is 1. The van der Waals surface area contributed by atoms with E-state index in [-0.39, 0.29) is 11.6 Å². The fraction of sp³-hybridized carbons (Fsp3) is 0.500. The molecule has 108 valence electrons. The summed E-state index contributed by atoms with van der Waals surface area (Å²) in [6.45, 7) is 4.16. The molecule has 0 atom stereocenters. The molecule has 2 rings (SSSR count). The monoisotopic (exact) mass is 277 g/mol. The lowest BCUT2D eigenvalue weighted by Crippen LogP contribution is -2.23. The van der Waals surface area contributed by atoms with Crippen LogP contribution in [-0.2, 0) is 4.79 Å². The Bertz CT molecular complexity index is 539. The standard InChI is InChI=1S/C14H19N3O3/c1-9-7-10(2)13(17(19)20)8-12(9)16-14(18)5-6-15-11-3-4-11/h7-8,11,15H,3-6H2,1-2H3,(H,16,18). The number of benzene rings is 1. The normalized spacial score (nSPS) is 14.1. The summed E-state index contributed by atoms with van der Waals surface area (Å²) in [6.07, 6.45) is 2.74. The Morgan fingerprint density at radius 1 is 1.35 bits per heavy atom. The fourth-order valence-corrected chi connectivity index (χ4v) is 2.06. The number of nitro benzene ring substituents is 1. The first-order valence-corrected chi connectivity index (χ1v) is 6.76. The van der Waals surface area contributed by atoms with Crippen molar-refractivity contribution in [2.45, 2.75) is 39.2 Å². The number of rotatable bonds is 6. The van der Waals surface area contributed by atoms with Crippen molar-refractivity contribution in [3.63, 3.8) is 0 Å². The van der Waals surface area contributed by atoms with Gasteiger partial charge in [0.15, 0.2) is 0 Å². The molecule has 0 spiro atoms. The van der Waals surface area contributed by atoms with Crippen LogP contribution in [0.1, 0.15) is 30.4 Å². The van der Waals surface area contributed by atoms with Gasteiger partial charge >= 0.3 is 0 Å². The van der Waals surface area contributed by atoms with Crippen LogP contribution in [0.15, 0.2) is 12.1 Å². The van der Waals surface area contributed by atoms with Gasteiger partial charge < -0.3 is 10.6 Å². The summed E-state index contributed by atoms with van der Waals surface area (Å²) >= 11 is 0. The third kappa shape index (κ3) is 3.77. The highest BCUT2D eigenvalue weighted by Crippen LogP contribution is 2.26. The second-order valence-corrected chi connectivity index (χ2v) is 5.24. The van der Waals surface area contributed by atoms with Crippen LogP contribution in [0.2, 0.25) is 0 Å². The van der Waals surface area contributed by atoms with Gasteiger partial charge in [-0.1, -0.05) is 0 Å². The Hall–Kier alpha value is -1.95. The van der Waals surface area contributed by atoms with Crippen molar-refractivity contribution >= 4 is 17.3 Å². The molecule has 0 aliphatic heterocycles. The van der Waals surface area contributed by atoms with Crippen molar-refractivity contribution < 1.29 is 9.72 Å². The number of hydrogen-bond acceptors (Lipinski definition) is 4. The molecule has 1 aliphatic rings. The van der Waals surface area contributed by atoms with Crippen LogP contribution in [0, 0.1) is 24.0 Å². The zero-order chi connectivity index (χ0) is 14.7. The Morgan fingerprint density at radius 3 is 2.65 bits per heavy atom. The minimum atomic E-state index is -0.431. The topological polar surface area (TPSA) is 84.3 Å². The molecule has 0 heterocycles. The number of nitrogens with one attached hydrogen (secondary N) is 2. The second kappa shape index (κ2) is 6.00. The van der Waals surface area contributed by atoms with Gasteiger partial charge in [-0.15, -0.1) is 0 Å². The van der Waals surface area contributed by atoms with E-state index in [9.17, 15) is 14.9 Å². The maximum absolute atomic E-state index is 11.8. The highest BCUT2D eigenvalue weighted by Gasteiger charge is 2.20. The summed E-state index contributed by atoms with van der Waals surface area (Å²) in [7, 11) is 0. The SMILES string of the molecule is Cc1cc(C)c([N+](=O)[O-])cc1NC(=O)CCNC1CC1. The number of carbonyl (C=O) groups is 1. The lowest BCUT2D eigenvalue weighted by atomic mass is 10.1. The first-order chi connectivity index (χ1) is 9.47. The van der Waals surface area contributed by atoms with Gasteiger partial charge in [-0.25, -0.2) is 0 Å². The molecule has 2 N–H and O–H groups in total. The molecule has 1 saturated carbocycles. The van der Waals surface area contributed by atoms with E-state index in [0.29, 0.717) is 30.3 Å². The molecule has 6 heteroatoms. The quantitative estimate of drug-likeness (QED) is 0.617. The summed E-state index contributed by atoms with van der Waals surface area (Å²) in [5.41, 5.74) is 1.97. The lowest BCUT2D eigenvalue weighted by molar-refractivity contribution is -0.385. The lowest BCUT2D eigenvalue weighted by Gasteiger charge is -2.10. The Kier molecular flexibility index (Phi) is 4.34. The Labute approximate surface area is 117 Å². The van der Waals surface area contributed by atoms with Gasteiger partial charge in [0, 0.05) is 30.6 Å². The smallest absolute Gasteiger partial charge is 0.274 e. The molecule has 0 saturated heterocycles. The summed E-state index contributed by atoms with van der Waals surface area (Å²) in [6, 6.07) is 3.72. The predicted octanol–water partition coefficient (Wildman–Crippen LogP) is 2.29. The number of nitrogens with zero attached hydrogens (tertiary/aromatic N) is 1. The minimum absolute atomic E-state index is 0.0296. The van der Waals surface area contributed by atoms with Crippen LogP contribution in [0.5, 0.6) is 0 Å². The molecule has 0 aromatic heterocycles. The number of nitro groups is 1. The van der Waals surface area contributed by atoms with E-state index in [1.807, 2.05) is 6.92 Å². The molecule has 1 aliphatic carbocycles. The largest absolute Gasteiger partial charge is 0.326 e. The fourth-order valence-electron chi connectivity index (χ4n) is 2.06. The van der Waals surface area contributed by atoms with E-state index in [2.05, 4.69) is 10.6 Å². The number of aryl methyl sites for hydroxylation is 2. The average Bonchev–Trinajstić information content (AvgIpc) is 3.16. The van der Waals surface area contributed by atoms with Crippen LogP contribution >= 0.6 is 0 Å². The highest BCUT2D eigenvalue weighted by atomic mass is 16.6. The van der Waals surface area contributed by atoms with E-state index in [4.69, 9.17) is 0 Å². The molecule has 1 aromatic rings. The molecule has 1 amide bonds. The summed E-state index contributed by atoms with van der Waals surface area (Å²) in [5, 5.41) is 16.9. The van der Waals surface area contributed by atoms with Crippen molar-refractivity contribution in [1.82, 2.24) is 5.32 Å². The van der Waals surface area contributed by atoms with Gasteiger partial charge in [-0.2, -0.15) is 0 Å². The van der Waals surface area contributed by atoms with Crippen LogP contribution in [-0.4, -0.2) is 23.4 Å². The van der Waals surface area contributed by atoms with E-state index >= 15 is 0 Å². The van der Waals surface area contributed by atoms with Crippen molar-refractivity contribution in [2.24, 2.45) is 0 Å². The van der Waals surface area contributed by atoms with E-state index in [1.54, 1.807) is 13.0 Å². The van der Waals surface area contributed by atoms with Crippen molar-refractivity contribution in [3.05, 3.63) is 33.4 Å². The van der Waals surface area contributed by atoms with Gasteiger partial charge in [-0.3, -0.25) is 14.9 Å². The van der Waals surface area contributed by atoms with Crippen molar-refractivity contribution in [1.29, 1.82) is 0 Å². The highest BCUT2D eigenvalue weighted by molar-refractivity contribution is 5.92. The van der Waals surface area contributed by atoms with Crippen LogP contribution < -0.4 is 10.6 Å². The maximum atomic E-state index is 11.8. The first-order valence-electron chi connectivity index (χ1n) is 6.76. The summed E-state index contributed by atoms with van der Waals surface area (Å²) in [4.78, 5) is 22.3. The zero-order valence-electron chi connectivity index (χ0n) is 11.7. The van der Waals surface area contributed by atoms with Gasteiger partial charge in [0.05, 0.1) is 10.6 Å². The van der Waals surface area contributed by atoms with Crippen LogP contribution in [0.25, 0.3) is 0 Å². The third-order valence-corrected chi connectivity index (χ3v) is 3.38. The predicted molar refractivity (Wildman–Crippen MR) is 76.8 cm³/mol. The Balaban J connectivity index is 1.98. The third-order valence-electron chi connectivity index (χ3n) is 3.38. The van der Waals surface area contributed by atoms with Crippen molar-refractivity contribution in [2.75, 3.05) is 11.9 Å². The molecule has 0 unspecified atom stereocenters. The van der Waals surface area contributed by atoms with E-state index < -0.39 is 4.92 Å². The molecule has 1 aromatic carbocycles. The second-order valence-electron chi connectivity index (χ2n) is 5.24. The van der Waals surface area contributed by atoms with E-state index in [1.165, 1.54) is 18.9 Å². The van der Waals surface area contributed by atoms with Crippen LogP contribution in [0.4, 0.5) is 11.4 Å². The van der Waals surface area contributed by atoms with Crippen molar-refractivity contribution in [3.8, 4) is 0 Å². The van der Waals surface area contributed by atoms with Crippen LogP contribution in [0.3, 0.4) is 0 Å². The van der Waals surface area contributed by atoms with Gasteiger partial charge in [0.25, 0.3) is 5.69 Å². The molecule has 0 radical (unpaired) electrons. The molecule has 0 bridgehead atoms. The molecular formula is C14H19N3O3. The van der Waals surface area contributed by atoms with Gasteiger partial charge in [0.2, 0.25) is 5.91 Å². The van der Waals surface area contributed by atoms with Gasteiger partial charge in [-0.05, 0) is 38.3 Å². The maximum Gasteiger partial charge on any atom is 0.274 e. The number of hydrogen-bond donors (Lipinski definition) is 2. The zero-order valence-corrected chi connectivity index (χ0v) is 11.7. The first kappa shape index (κ1) is 14.5. The number of carbonyl (C=O) groups excluding carboxylic acids is 1.